The van der Waals surface area contributed by atoms with Gasteiger partial charge < -0.3 is 15.8 Å². The van der Waals surface area contributed by atoms with Crippen LogP contribution in [-0.2, 0) is 14.3 Å². The lowest BCUT2D eigenvalue weighted by Crippen LogP contribution is -2.40. The second-order valence-corrected chi connectivity index (χ2v) is 5.85. The van der Waals surface area contributed by atoms with Gasteiger partial charge in [0.15, 0.2) is 0 Å². The van der Waals surface area contributed by atoms with Gasteiger partial charge in [-0.05, 0) is 27.7 Å². The number of rotatable bonds is 5. The van der Waals surface area contributed by atoms with Crippen molar-refractivity contribution in [2.75, 3.05) is 5.75 Å². The summed E-state index contributed by atoms with van der Waals surface area (Å²) in [5.41, 5.74) is 4.35. The van der Waals surface area contributed by atoms with E-state index in [0.717, 1.165) is 11.8 Å². The zero-order valence-corrected chi connectivity index (χ0v) is 11.9. The van der Waals surface area contributed by atoms with Gasteiger partial charge in [-0.3, -0.25) is 9.59 Å². The van der Waals surface area contributed by atoms with E-state index in [1.54, 1.807) is 27.7 Å². The van der Waals surface area contributed by atoms with Crippen LogP contribution in [0.25, 0.3) is 0 Å². The quantitative estimate of drug-likeness (QED) is 0.781. The zero-order valence-electron chi connectivity index (χ0n) is 11.1. The minimum absolute atomic E-state index is 0.134. The standard InChI is InChI=1S/C11H20N2O4S/c1-7(9(15)18-6-5-8(12)14)13-10(16)17-11(2,3)4/h7H,5-6H2,1-4H3,(H2,12,14)(H,13,16)/t7-/m0/s1. The molecule has 0 aliphatic rings. The van der Waals surface area contributed by atoms with Gasteiger partial charge in [-0.1, -0.05) is 11.8 Å². The summed E-state index contributed by atoms with van der Waals surface area (Å²) in [6.45, 7) is 6.77. The first-order valence-electron chi connectivity index (χ1n) is 5.56. The highest BCUT2D eigenvalue weighted by Crippen LogP contribution is 2.09. The van der Waals surface area contributed by atoms with Gasteiger partial charge in [-0.25, -0.2) is 4.79 Å². The molecule has 0 bridgehead atoms. The highest BCUT2D eigenvalue weighted by molar-refractivity contribution is 8.13. The van der Waals surface area contributed by atoms with Crippen LogP contribution in [0, 0.1) is 0 Å². The number of hydrogen-bond acceptors (Lipinski definition) is 5. The summed E-state index contributed by atoms with van der Waals surface area (Å²) in [5.74, 6) is -0.142. The van der Waals surface area contributed by atoms with E-state index in [2.05, 4.69) is 5.32 Å². The van der Waals surface area contributed by atoms with E-state index in [1.165, 1.54) is 0 Å². The van der Waals surface area contributed by atoms with Gasteiger partial charge in [0.1, 0.15) is 5.60 Å². The smallest absolute Gasteiger partial charge is 0.408 e. The number of primary amides is 1. The molecule has 0 saturated carbocycles. The van der Waals surface area contributed by atoms with E-state index in [1.807, 2.05) is 0 Å². The number of alkyl carbamates (subject to hydrolysis) is 1. The van der Waals surface area contributed by atoms with Crippen molar-refractivity contribution in [1.29, 1.82) is 0 Å². The second-order valence-electron chi connectivity index (χ2n) is 4.75. The average Bonchev–Trinajstić information content (AvgIpc) is 2.13. The minimum Gasteiger partial charge on any atom is -0.444 e. The van der Waals surface area contributed by atoms with Crippen LogP contribution in [0.4, 0.5) is 4.79 Å². The second kappa shape index (κ2) is 7.25. The molecule has 0 aromatic carbocycles. The van der Waals surface area contributed by atoms with Gasteiger partial charge in [0.25, 0.3) is 0 Å². The molecule has 0 saturated heterocycles. The minimum atomic E-state index is -0.669. The van der Waals surface area contributed by atoms with E-state index in [4.69, 9.17) is 10.5 Å². The lowest BCUT2D eigenvalue weighted by Gasteiger charge is -2.21. The molecule has 0 radical (unpaired) electrons. The molecule has 3 N–H and O–H groups in total. The SMILES string of the molecule is C[C@H](NC(=O)OC(C)(C)C)C(=O)SCCC(N)=O. The Kier molecular flexibility index (Phi) is 6.75. The van der Waals surface area contributed by atoms with Crippen molar-refractivity contribution in [3.8, 4) is 0 Å². The van der Waals surface area contributed by atoms with Gasteiger partial charge in [0, 0.05) is 12.2 Å². The largest absolute Gasteiger partial charge is 0.444 e. The molecule has 0 aliphatic heterocycles. The Morgan fingerprint density at radius 3 is 2.33 bits per heavy atom. The van der Waals surface area contributed by atoms with E-state index in [0.29, 0.717) is 5.75 Å². The Hall–Kier alpha value is -1.24. The lowest BCUT2D eigenvalue weighted by molar-refractivity contribution is -0.117. The first kappa shape index (κ1) is 16.8. The number of nitrogens with one attached hydrogen (secondary N) is 1. The molecule has 0 fully saturated rings. The Labute approximate surface area is 111 Å². The van der Waals surface area contributed by atoms with Gasteiger partial charge in [0.05, 0.1) is 6.04 Å². The number of carbonyl (C=O) groups excluding carboxylic acids is 3. The molecular weight excluding hydrogens is 256 g/mol. The summed E-state index contributed by atoms with van der Waals surface area (Å²) in [6.07, 6.45) is -0.505. The number of thioether (sulfide) groups is 1. The Morgan fingerprint density at radius 2 is 1.89 bits per heavy atom. The fourth-order valence-corrected chi connectivity index (χ4v) is 1.73. The van der Waals surface area contributed by atoms with Crippen molar-refractivity contribution >= 4 is 28.9 Å². The zero-order chi connectivity index (χ0) is 14.3. The van der Waals surface area contributed by atoms with Gasteiger partial charge in [-0.15, -0.1) is 0 Å². The highest BCUT2D eigenvalue weighted by Gasteiger charge is 2.21. The molecule has 6 nitrogen and oxygen atoms in total. The Morgan fingerprint density at radius 1 is 1.33 bits per heavy atom. The maximum atomic E-state index is 11.6. The first-order valence-corrected chi connectivity index (χ1v) is 6.55. The third-order valence-electron chi connectivity index (χ3n) is 1.68. The number of ether oxygens (including phenoxy) is 1. The molecule has 0 aromatic heterocycles. The molecule has 2 amide bonds. The fourth-order valence-electron chi connectivity index (χ4n) is 0.920. The van der Waals surface area contributed by atoms with Crippen molar-refractivity contribution < 1.29 is 19.1 Å². The summed E-state index contributed by atoms with van der Waals surface area (Å²) >= 11 is 0.963. The number of carbonyl (C=O) groups is 3. The van der Waals surface area contributed by atoms with Crippen molar-refractivity contribution in [2.24, 2.45) is 5.73 Å². The van der Waals surface area contributed by atoms with Crippen LogP contribution < -0.4 is 11.1 Å². The molecule has 104 valence electrons. The highest BCUT2D eigenvalue weighted by atomic mass is 32.2. The van der Waals surface area contributed by atoms with E-state index in [9.17, 15) is 14.4 Å². The number of hydrogen-bond donors (Lipinski definition) is 2. The van der Waals surface area contributed by atoms with Crippen molar-refractivity contribution in [1.82, 2.24) is 5.32 Å². The normalized spacial score (nSPS) is 12.7. The molecule has 18 heavy (non-hydrogen) atoms. The topological polar surface area (TPSA) is 98.5 Å². The summed E-state index contributed by atoms with van der Waals surface area (Å²) < 4.78 is 5.02. The lowest BCUT2D eigenvalue weighted by atomic mass is 10.2. The van der Waals surface area contributed by atoms with E-state index < -0.39 is 23.6 Å². The number of nitrogens with two attached hydrogens (primary N) is 1. The Bertz CT molecular complexity index is 325. The van der Waals surface area contributed by atoms with Crippen LogP contribution in [0.15, 0.2) is 0 Å². The summed E-state index contributed by atoms with van der Waals surface area (Å²) in [7, 11) is 0. The van der Waals surface area contributed by atoms with Crippen LogP contribution in [0.2, 0.25) is 0 Å². The van der Waals surface area contributed by atoms with Crippen molar-refractivity contribution in [3.63, 3.8) is 0 Å². The van der Waals surface area contributed by atoms with Crippen LogP contribution >= 0.6 is 11.8 Å². The summed E-state index contributed by atoms with van der Waals surface area (Å²) in [4.78, 5) is 33.4. The summed E-state index contributed by atoms with van der Waals surface area (Å²) in [6, 6.07) is -0.669. The third-order valence-corrected chi connectivity index (χ3v) is 2.73. The monoisotopic (exact) mass is 276 g/mol. The van der Waals surface area contributed by atoms with E-state index in [-0.39, 0.29) is 11.5 Å². The number of amides is 2. The molecule has 0 spiro atoms. The molecular formula is C11H20N2O4S. The van der Waals surface area contributed by atoms with Gasteiger partial charge in [0.2, 0.25) is 11.0 Å². The predicted molar refractivity (Wildman–Crippen MR) is 70.1 cm³/mol. The van der Waals surface area contributed by atoms with Gasteiger partial charge in [-0.2, -0.15) is 0 Å². The first-order chi connectivity index (χ1) is 8.11. The van der Waals surface area contributed by atoms with Crippen molar-refractivity contribution in [3.05, 3.63) is 0 Å². The molecule has 1 atom stereocenters. The molecule has 0 heterocycles. The van der Waals surface area contributed by atoms with Crippen molar-refractivity contribution in [2.45, 2.75) is 45.8 Å². The maximum absolute atomic E-state index is 11.6. The molecule has 0 aromatic rings. The average molecular weight is 276 g/mol. The third kappa shape index (κ3) is 8.86. The molecule has 0 aliphatic carbocycles. The fraction of sp³-hybridized carbons (Fsp3) is 0.727. The Balaban J connectivity index is 4.00. The van der Waals surface area contributed by atoms with Crippen LogP contribution in [0.1, 0.15) is 34.1 Å². The maximum Gasteiger partial charge on any atom is 0.408 e. The molecule has 7 heteroatoms. The van der Waals surface area contributed by atoms with Crippen LogP contribution in [-0.4, -0.2) is 34.5 Å². The summed E-state index contributed by atoms with van der Waals surface area (Å²) in [5, 5.41) is 2.19. The molecule has 0 rings (SSSR count). The van der Waals surface area contributed by atoms with Crippen LogP contribution in [0.3, 0.4) is 0 Å². The van der Waals surface area contributed by atoms with E-state index >= 15 is 0 Å². The van der Waals surface area contributed by atoms with Crippen LogP contribution in [0.5, 0.6) is 0 Å². The molecule has 0 unspecified atom stereocenters. The predicted octanol–water partition coefficient (Wildman–Crippen LogP) is 1.03. The van der Waals surface area contributed by atoms with Gasteiger partial charge >= 0.3 is 6.09 Å².